The lowest BCUT2D eigenvalue weighted by atomic mass is 10.1. The summed E-state index contributed by atoms with van der Waals surface area (Å²) in [5, 5.41) is 7.98. The number of aliphatic imine (C=N–C) groups is 2. The van der Waals surface area contributed by atoms with Crippen molar-refractivity contribution in [2.45, 2.75) is 20.4 Å². The number of aromatic amines is 1. The van der Waals surface area contributed by atoms with Crippen molar-refractivity contribution in [2.24, 2.45) is 31.8 Å². The summed E-state index contributed by atoms with van der Waals surface area (Å²) in [6.45, 7) is 8.79. The van der Waals surface area contributed by atoms with E-state index >= 15 is 0 Å². The number of hydrazone groups is 2. The predicted octanol–water partition coefficient (Wildman–Crippen LogP) is 1.43. The molecule has 1 aliphatic heterocycles. The maximum absolute atomic E-state index is 5.64. The van der Waals surface area contributed by atoms with Crippen LogP contribution in [0.5, 0.6) is 0 Å². The van der Waals surface area contributed by atoms with Crippen LogP contribution in [0.25, 0.3) is 0 Å². The molecule has 1 saturated heterocycles. The monoisotopic (exact) mass is 436 g/mol. The number of nitrogens with zero attached hydrogens (tertiary/aromatic N) is 6. The largest absolute Gasteiger partial charge is 0.390 e. The molecule has 10 nitrogen and oxygen atoms in total. The number of aromatic nitrogens is 1. The number of hydrogen-bond acceptors (Lipinski definition) is 6. The first-order valence-electron chi connectivity index (χ1n) is 10.6. The molecule has 1 aliphatic rings. The van der Waals surface area contributed by atoms with E-state index in [9.17, 15) is 0 Å². The summed E-state index contributed by atoms with van der Waals surface area (Å²) in [6, 6.07) is 9.60. The van der Waals surface area contributed by atoms with Gasteiger partial charge in [0, 0.05) is 50.2 Å². The van der Waals surface area contributed by atoms with E-state index in [0.717, 1.165) is 55.3 Å². The smallest absolute Gasteiger partial charge is 0.178 e. The highest BCUT2D eigenvalue weighted by atomic mass is 15.3. The zero-order valence-corrected chi connectivity index (χ0v) is 18.9. The van der Waals surface area contributed by atoms with Crippen LogP contribution < -0.4 is 17.0 Å². The van der Waals surface area contributed by atoms with Crippen molar-refractivity contribution in [2.75, 3.05) is 33.2 Å². The summed E-state index contributed by atoms with van der Waals surface area (Å²) >= 11 is 0. The van der Waals surface area contributed by atoms with Crippen LogP contribution in [-0.2, 0) is 6.54 Å². The lowest BCUT2D eigenvalue weighted by Gasteiger charge is -2.32. The van der Waals surface area contributed by atoms with Crippen LogP contribution >= 0.6 is 0 Å². The Bertz CT molecular complexity index is 1010. The van der Waals surface area contributed by atoms with Crippen LogP contribution in [0.1, 0.15) is 30.7 Å². The minimum atomic E-state index is 0.447. The standard InChI is InChI=1S/C22H32N10/c1-16(2)29-30-21(28-24)17-5-4-6-19(13-17)27-22(26-15-23)20-18(7-8-25-20)14-32-11-9-31(3)10-12-32/h4-8,13,15,25H,9-12,14,24H2,1-3H3,(H,28,30)(H2,23,26,27). The van der Waals surface area contributed by atoms with Gasteiger partial charge in [-0.1, -0.05) is 12.1 Å². The molecule has 10 heteroatoms. The molecule has 0 atom stereocenters. The van der Waals surface area contributed by atoms with Gasteiger partial charge in [0.05, 0.1) is 17.7 Å². The van der Waals surface area contributed by atoms with Gasteiger partial charge in [-0.2, -0.15) is 10.2 Å². The molecule has 6 N–H and O–H groups in total. The molecule has 32 heavy (non-hydrogen) atoms. The molecule has 0 aliphatic carbocycles. The minimum Gasteiger partial charge on any atom is -0.390 e. The van der Waals surface area contributed by atoms with Crippen LogP contribution in [0, 0.1) is 0 Å². The number of piperazine rings is 1. The molecule has 0 radical (unpaired) electrons. The molecule has 0 spiro atoms. The maximum Gasteiger partial charge on any atom is 0.178 e. The Morgan fingerprint density at radius 1 is 1.19 bits per heavy atom. The average Bonchev–Trinajstić information content (AvgIpc) is 3.24. The van der Waals surface area contributed by atoms with Gasteiger partial charge in [-0.25, -0.2) is 9.98 Å². The van der Waals surface area contributed by atoms with Gasteiger partial charge in [0.2, 0.25) is 0 Å². The van der Waals surface area contributed by atoms with Crippen molar-refractivity contribution >= 4 is 29.4 Å². The Labute approximate surface area is 188 Å². The quantitative estimate of drug-likeness (QED) is 0.235. The summed E-state index contributed by atoms with van der Waals surface area (Å²) in [6.07, 6.45) is 3.17. The normalized spacial score (nSPS) is 16.5. The van der Waals surface area contributed by atoms with Crippen LogP contribution in [0.4, 0.5) is 5.69 Å². The van der Waals surface area contributed by atoms with Crippen LogP contribution in [0.3, 0.4) is 0 Å². The number of likely N-dealkylation sites (N-methyl/N-ethyl adjacent to an activating group) is 1. The van der Waals surface area contributed by atoms with Gasteiger partial charge in [0.1, 0.15) is 0 Å². The minimum absolute atomic E-state index is 0.447. The highest BCUT2D eigenvalue weighted by molar-refractivity contribution is 6.04. The second-order valence-corrected chi connectivity index (χ2v) is 7.87. The third kappa shape index (κ3) is 6.25. The third-order valence-corrected chi connectivity index (χ3v) is 5.11. The molecule has 3 rings (SSSR count). The maximum atomic E-state index is 5.64. The van der Waals surface area contributed by atoms with Gasteiger partial charge >= 0.3 is 0 Å². The van der Waals surface area contributed by atoms with Crippen LogP contribution in [0.2, 0.25) is 0 Å². The highest BCUT2D eigenvalue weighted by Gasteiger charge is 2.18. The molecule has 1 fully saturated rings. The zero-order valence-electron chi connectivity index (χ0n) is 18.9. The van der Waals surface area contributed by atoms with E-state index in [1.165, 1.54) is 6.34 Å². The number of amidine groups is 2. The fourth-order valence-electron chi connectivity index (χ4n) is 3.39. The molecule has 1 aromatic carbocycles. The molecule has 0 unspecified atom stereocenters. The van der Waals surface area contributed by atoms with Gasteiger partial charge in [0.25, 0.3) is 0 Å². The summed E-state index contributed by atoms with van der Waals surface area (Å²) in [5.41, 5.74) is 12.8. The number of nitrogens with two attached hydrogens (primary N) is 2. The molecule has 2 heterocycles. The van der Waals surface area contributed by atoms with E-state index in [1.54, 1.807) is 0 Å². The van der Waals surface area contributed by atoms with Crippen molar-refractivity contribution in [1.82, 2.24) is 20.2 Å². The summed E-state index contributed by atoms with van der Waals surface area (Å²) in [5.74, 6) is 6.51. The van der Waals surface area contributed by atoms with Crippen molar-refractivity contribution in [3.63, 3.8) is 0 Å². The van der Waals surface area contributed by atoms with Crippen LogP contribution in [0.15, 0.2) is 56.7 Å². The van der Waals surface area contributed by atoms with Gasteiger partial charge in [-0.05, 0) is 44.7 Å². The van der Waals surface area contributed by atoms with E-state index in [4.69, 9.17) is 16.6 Å². The Kier molecular flexibility index (Phi) is 8.12. The predicted molar refractivity (Wildman–Crippen MR) is 132 cm³/mol. The zero-order chi connectivity index (χ0) is 22.9. The van der Waals surface area contributed by atoms with Crippen molar-refractivity contribution in [1.29, 1.82) is 0 Å². The van der Waals surface area contributed by atoms with E-state index < -0.39 is 0 Å². The highest BCUT2D eigenvalue weighted by Crippen LogP contribution is 2.19. The molecular weight excluding hydrogens is 404 g/mol. The Morgan fingerprint density at radius 3 is 2.66 bits per heavy atom. The molecule has 0 saturated carbocycles. The third-order valence-electron chi connectivity index (χ3n) is 5.11. The van der Waals surface area contributed by atoms with Crippen LogP contribution in [-0.4, -0.2) is 71.7 Å². The number of rotatable bonds is 6. The molecule has 2 aromatic rings. The Balaban J connectivity index is 1.86. The van der Waals surface area contributed by atoms with Crippen molar-refractivity contribution < 1.29 is 0 Å². The molecule has 0 bridgehead atoms. The lowest BCUT2D eigenvalue weighted by molar-refractivity contribution is 0.148. The number of benzene rings is 1. The fourth-order valence-corrected chi connectivity index (χ4v) is 3.39. The summed E-state index contributed by atoms with van der Waals surface area (Å²) in [4.78, 5) is 17.1. The number of hydrogen-bond donors (Lipinski definition) is 4. The number of H-pyrrole nitrogens is 1. The van der Waals surface area contributed by atoms with E-state index in [2.05, 4.69) is 48.5 Å². The first kappa shape index (κ1) is 23.2. The van der Waals surface area contributed by atoms with E-state index in [-0.39, 0.29) is 0 Å². The van der Waals surface area contributed by atoms with Gasteiger partial charge in [-0.15, -0.1) is 0 Å². The Morgan fingerprint density at radius 2 is 1.97 bits per heavy atom. The van der Waals surface area contributed by atoms with E-state index in [1.807, 2.05) is 44.3 Å². The second kappa shape index (κ2) is 11.2. The lowest BCUT2D eigenvalue weighted by Crippen LogP contribution is -2.44. The first-order valence-corrected chi connectivity index (χ1v) is 10.6. The van der Waals surface area contributed by atoms with Crippen molar-refractivity contribution in [3.8, 4) is 0 Å². The molecular formula is C22H32N10. The summed E-state index contributed by atoms with van der Waals surface area (Å²) < 4.78 is 0. The SMILES string of the molecule is CC(C)=NN/C(=N/N)c1cccc(N=C(N=CN)c2[nH]ccc2CN2CCN(C)CC2)c1. The molecule has 170 valence electrons. The number of nitrogens with one attached hydrogen (secondary N) is 2. The van der Waals surface area contributed by atoms with Gasteiger partial charge < -0.3 is 21.5 Å². The van der Waals surface area contributed by atoms with E-state index in [0.29, 0.717) is 17.4 Å². The summed E-state index contributed by atoms with van der Waals surface area (Å²) in [7, 11) is 2.15. The van der Waals surface area contributed by atoms with Gasteiger partial charge in [-0.3, -0.25) is 10.3 Å². The molecule has 1 aromatic heterocycles. The first-order chi connectivity index (χ1) is 15.5. The Hall–Kier alpha value is -3.50. The topological polar surface area (TPSA) is 136 Å². The fraction of sp³-hybridized carbons (Fsp3) is 0.364. The van der Waals surface area contributed by atoms with Crippen molar-refractivity contribution in [3.05, 3.63) is 53.3 Å². The molecule has 0 amide bonds. The average molecular weight is 437 g/mol. The van der Waals surface area contributed by atoms with Gasteiger partial charge in [0.15, 0.2) is 11.7 Å². The second-order valence-electron chi connectivity index (χ2n) is 7.87.